The van der Waals surface area contributed by atoms with E-state index in [0.29, 0.717) is 33.3 Å². The Morgan fingerprint density at radius 2 is 1.90 bits per heavy atom. The van der Waals surface area contributed by atoms with Gasteiger partial charge in [-0.25, -0.2) is 9.97 Å². The molecular formula is C22H28Cl2N4O. The third kappa shape index (κ3) is 3.32. The Kier molecular flexibility index (Phi) is 5.53. The van der Waals surface area contributed by atoms with Crippen molar-refractivity contribution in [3.63, 3.8) is 0 Å². The fourth-order valence-corrected chi connectivity index (χ4v) is 5.69. The van der Waals surface area contributed by atoms with Gasteiger partial charge < -0.3 is 15.7 Å². The van der Waals surface area contributed by atoms with E-state index >= 15 is 0 Å². The standard InChI is InChI=1S/C22H28Cl2N4O/c1-12-20(16-5-4-6-17(23)19(16)24)27-18(11-29)21(26-12)28-9-14-7-8-15(10-28)22(14,3)13(2)25/h4-6,13-15,29H,7-11,25H2,1-3H3/t13-,14?,15?,22?/m1/s1. The first-order valence-corrected chi connectivity index (χ1v) is 11.0. The molecule has 3 atom stereocenters. The lowest BCUT2D eigenvalue weighted by atomic mass is 9.66. The Morgan fingerprint density at radius 1 is 1.24 bits per heavy atom. The molecule has 2 bridgehead atoms. The molecule has 2 unspecified atom stereocenters. The third-order valence-electron chi connectivity index (χ3n) is 7.26. The predicted octanol–water partition coefficient (Wildman–Crippen LogP) is 4.45. The second-order valence-electron chi connectivity index (χ2n) is 8.72. The molecule has 7 heteroatoms. The molecule has 0 amide bonds. The van der Waals surface area contributed by atoms with Crippen LogP contribution in [0, 0.1) is 24.2 Å². The van der Waals surface area contributed by atoms with E-state index in [0.717, 1.165) is 30.2 Å². The highest BCUT2D eigenvalue weighted by Crippen LogP contribution is 2.53. The molecule has 4 rings (SSSR count). The molecule has 156 valence electrons. The van der Waals surface area contributed by atoms with E-state index in [2.05, 4.69) is 18.7 Å². The quantitative estimate of drug-likeness (QED) is 0.742. The zero-order valence-corrected chi connectivity index (χ0v) is 18.6. The number of anilines is 1. The summed E-state index contributed by atoms with van der Waals surface area (Å²) < 4.78 is 0. The number of piperidine rings is 1. The van der Waals surface area contributed by atoms with Crippen molar-refractivity contribution in [1.82, 2.24) is 9.97 Å². The zero-order valence-electron chi connectivity index (χ0n) is 17.1. The van der Waals surface area contributed by atoms with Crippen LogP contribution in [0.3, 0.4) is 0 Å². The van der Waals surface area contributed by atoms with Crippen LogP contribution < -0.4 is 10.6 Å². The van der Waals surface area contributed by atoms with Crippen molar-refractivity contribution in [2.24, 2.45) is 23.0 Å². The minimum Gasteiger partial charge on any atom is -0.390 e. The Morgan fingerprint density at radius 3 is 2.48 bits per heavy atom. The molecule has 1 saturated carbocycles. The van der Waals surface area contributed by atoms with Gasteiger partial charge in [0.05, 0.1) is 28.0 Å². The average Bonchev–Trinajstić information content (AvgIpc) is 2.87. The van der Waals surface area contributed by atoms with E-state index in [1.165, 1.54) is 12.8 Å². The number of nitrogens with two attached hydrogens (primary N) is 1. The molecule has 1 aromatic carbocycles. The monoisotopic (exact) mass is 434 g/mol. The number of aliphatic hydroxyl groups is 1. The smallest absolute Gasteiger partial charge is 0.153 e. The number of halogens is 2. The normalized spacial score (nSPS) is 27.3. The first-order chi connectivity index (χ1) is 13.8. The van der Waals surface area contributed by atoms with Crippen LogP contribution in [0.15, 0.2) is 18.2 Å². The summed E-state index contributed by atoms with van der Waals surface area (Å²) in [4.78, 5) is 11.9. The zero-order chi connectivity index (χ0) is 20.9. The molecule has 1 aromatic heterocycles. The number of benzene rings is 1. The van der Waals surface area contributed by atoms with Gasteiger partial charge in [0.25, 0.3) is 0 Å². The average molecular weight is 435 g/mol. The summed E-state index contributed by atoms with van der Waals surface area (Å²) in [5.74, 6) is 1.82. The van der Waals surface area contributed by atoms with Gasteiger partial charge in [-0.3, -0.25) is 0 Å². The van der Waals surface area contributed by atoms with Crippen LogP contribution in [-0.2, 0) is 6.61 Å². The van der Waals surface area contributed by atoms with E-state index in [1.807, 2.05) is 19.1 Å². The largest absolute Gasteiger partial charge is 0.390 e. The van der Waals surface area contributed by atoms with Crippen LogP contribution in [0.25, 0.3) is 11.3 Å². The lowest BCUT2D eigenvalue weighted by Crippen LogP contribution is -2.55. The van der Waals surface area contributed by atoms with E-state index in [1.54, 1.807) is 6.07 Å². The van der Waals surface area contributed by atoms with Gasteiger partial charge in [-0.2, -0.15) is 0 Å². The van der Waals surface area contributed by atoms with E-state index < -0.39 is 0 Å². The fourth-order valence-electron chi connectivity index (χ4n) is 5.30. The summed E-state index contributed by atoms with van der Waals surface area (Å²) in [5.41, 5.74) is 9.28. The first kappa shape index (κ1) is 20.9. The van der Waals surface area contributed by atoms with Crippen molar-refractivity contribution in [3.05, 3.63) is 39.6 Å². The third-order valence-corrected chi connectivity index (χ3v) is 8.08. The summed E-state index contributed by atoms with van der Waals surface area (Å²) >= 11 is 12.6. The molecular weight excluding hydrogens is 407 g/mol. The van der Waals surface area contributed by atoms with Gasteiger partial charge in [0.15, 0.2) is 5.82 Å². The summed E-state index contributed by atoms with van der Waals surface area (Å²) in [6.45, 7) is 8.01. The van der Waals surface area contributed by atoms with Gasteiger partial charge in [0.1, 0.15) is 5.69 Å². The van der Waals surface area contributed by atoms with Crippen molar-refractivity contribution in [2.75, 3.05) is 18.0 Å². The molecule has 0 spiro atoms. The molecule has 1 saturated heterocycles. The number of nitrogens with zero attached hydrogens (tertiary/aromatic N) is 3. The van der Waals surface area contributed by atoms with Crippen LogP contribution in [0.5, 0.6) is 0 Å². The topological polar surface area (TPSA) is 75.3 Å². The molecule has 2 aromatic rings. The number of hydrogen-bond acceptors (Lipinski definition) is 5. The van der Waals surface area contributed by atoms with E-state index in [4.69, 9.17) is 38.9 Å². The molecule has 2 fully saturated rings. The molecule has 2 aliphatic rings. The number of aromatic nitrogens is 2. The van der Waals surface area contributed by atoms with Gasteiger partial charge in [-0.1, -0.05) is 42.3 Å². The van der Waals surface area contributed by atoms with Crippen molar-refractivity contribution in [1.29, 1.82) is 0 Å². The maximum atomic E-state index is 10.1. The van der Waals surface area contributed by atoms with E-state index in [-0.39, 0.29) is 18.1 Å². The van der Waals surface area contributed by atoms with Gasteiger partial charge in [0.2, 0.25) is 0 Å². The molecule has 29 heavy (non-hydrogen) atoms. The van der Waals surface area contributed by atoms with Crippen molar-refractivity contribution >= 4 is 29.0 Å². The minimum atomic E-state index is -0.176. The Bertz CT molecular complexity index is 919. The Balaban J connectivity index is 1.72. The summed E-state index contributed by atoms with van der Waals surface area (Å²) in [7, 11) is 0. The highest BCUT2D eigenvalue weighted by atomic mass is 35.5. The number of fused-ring (bicyclic) bond motifs is 2. The fraction of sp³-hybridized carbons (Fsp3) is 0.545. The van der Waals surface area contributed by atoms with Crippen molar-refractivity contribution in [3.8, 4) is 11.3 Å². The molecule has 0 radical (unpaired) electrons. The molecule has 1 aliphatic heterocycles. The number of rotatable bonds is 4. The second-order valence-corrected chi connectivity index (χ2v) is 9.50. The van der Waals surface area contributed by atoms with Crippen LogP contribution >= 0.6 is 23.2 Å². The van der Waals surface area contributed by atoms with E-state index in [9.17, 15) is 5.11 Å². The maximum Gasteiger partial charge on any atom is 0.153 e. The highest BCUT2D eigenvalue weighted by Gasteiger charge is 2.53. The SMILES string of the molecule is Cc1nc(N2CC3CCC(C2)C3(C)[C@@H](C)N)c(CO)nc1-c1cccc(Cl)c1Cl. The Hall–Kier alpha value is -1.40. The van der Waals surface area contributed by atoms with Crippen LogP contribution in [-0.4, -0.2) is 34.2 Å². The minimum absolute atomic E-state index is 0.159. The number of aryl methyl sites for hydroxylation is 1. The summed E-state index contributed by atoms with van der Waals surface area (Å²) in [6, 6.07) is 5.63. The van der Waals surface area contributed by atoms with Gasteiger partial charge in [-0.15, -0.1) is 0 Å². The molecule has 2 heterocycles. The number of aliphatic hydroxyl groups excluding tert-OH is 1. The first-order valence-electron chi connectivity index (χ1n) is 10.2. The van der Waals surface area contributed by atoms with Crippen LogP contribution in [0.1, 0.15) is 38.1 Å². The van der Waals surface area contributed by atoms with Crippen LogP contribution in [0.2, 0.25) is 10.0 Å². The number of hydrogen-bond donors (Lipinski definition) is 2. The van der Waals surface area contributed by atoms with Crippen molar-refractivity contribution < 1.29 is 5.11 Å². The van der Waals surface area contributed by atoms with Gasteiger partial charge >= 0.3 is 0 Å². The van der Waals surface area contributed by atoms with Crippen molar-refractivity contribution in [2.45, 2.75) is 46.3 Å². The molecule has 5 nitrogen and oxygen atoms in total. The van der Waals surface area contributed by atoms with Gasteiger partial charge in [-0.05, 0) is 50.0 Å². The molecule has 3 N–H and O–H groups in total. The predicted molar refractivity (Wildman–Crippen MR) is 118 cm³/mol. The summed E-state index contributed by atoms with van der Waals surface area (Å²) in [6.07, 6.45) is 2.38. The lowest BCUT2D eigenvalue weighted by Gasteiger charge is -2.48. The summed E-state index contributed by atoms with van der Waals surface area (Å²) in [5, 5.41) is 11.0. The highest BCUT2D eigenvalue weighted by molar-refractivity contribution is 6.43. The maximum absolute atomic E-state index is 10.1. The Labute approximate surface area is 182 Å². The van der Waals surface area contributed by atoms with Gasteiger partial charge in [0, 0.05) is 24.7 Å². The lowest BCUT2D eigenvalue weighted by molar-refractivity contribution is 0.103. The second kappa shape index (κ2) is 7.69. The van der Waals surface area contributed by atoms with Crippen LogP contribution in [0.4, 0.5) is 5.82 Å². The molecule has 1 aliphatic carbocycles.